The van der Waals surface area contributed by atoms with Crippen molar-refractivity contribution in [1.29, 1.82) is 0 Å². The number of carbonyl (C=O) groups is 1. The van der Waals surface area contributed by atoms with E-state index in [9.17, 15) is 22.8 Å². The molecule has 0 aliphatic heterocycles. The molecule has 1 aromatic heterocycles. The number of hydrogen-bond acceptors (Lipinski definition) is 5. The fourth-order valence-corrected chi connectivity index (χ4v) is 0.507. The van der Waals surface area contributed by atoms with E-state index in [1.807, 2.05) is 0 Å². The maximum absolute atomic E-state index is 11.6. The van der Waals surface area contributed by atoms with Crippen LogP contribution in [0.2, 0.25) is 0 Å². The van der Waals surface area contributed by atoms with E-state index in [1.165, 1.54) is 0 Å². The third kappa shape index (κ3) is 2.31. The van der Waals surface area contributed by atoms with Gasteiger partial charge in [0.05, 0.1) is 6.20 Å². The van der Waals surface area contributed by atoms with Crippen LogP contribution in [-0.4, -0.2) is 17.1 Å². The van der Waals surface area contributed by atoms with Gasteiger partial charge in [0, 0.05) is 0 Å². The number of hydrogen-bond donors (Lipinski definition) is 0. The van der Waals surface area contributed by atoms with E-state index in [4.69, 9.17) is 0 Å². The summed E-state index contributed by atoms with van der Waals surface area (Å²) >= 11 is 0. The molecule has 8 heteroatoms. The molecule has 0 amide bonds. The Morgan fingerprint density at radius 2 is 2.14 bits per heavy atom. The van der Waals surface area contributed by atoms with Crippen LogP contribution < -0.4 is 10.4 Å². The molecule has 0 atom stereocenters. The standard InChI is InChI=1S/C6H2F3NO4/c7-6(8,9)5(12)14-3-4(11)13-2-1-10-3/h1-2H. The van der Waals surface area contributed by atoms with Crippen LogP contribution in [0.1, 0.15) is 0 Å². The van der Waals surface area contributed by atoms with E-state index in [-0.39, 0.29) is 0 Å². The van der Waals surface area contributed by atoms with Gasteiger partial charge in [-0.2, -0.15) is 13.2 Å². The predicted molar refractivity (Wildman–Crippen MR) is 34.5 cm³/mol. The lowest BCUT2D eigenvalue weighted by atomic mass is 10.6. The summed E-state index contributed by atoms with van der Waals surface area (Å²) in [6, 6.07) is 0. The number of rotatable bonds is 1. The zero-order valence-corrected chi connectivity index (χ0v) is 6.37. The molecule has 5 nitrogen and oxygen atoms in total. The number of halogens is 3. The molecule has 0 aliphatic rings. The van der Waals surface area contributed by atoms with E-state index >= 15 is 0 Å². The molecule has 0 N–H and O–H groups in total. The summed E-state index contributed by atoms with van der Waals surface area (Å²) in [5, 5.41) is 0. The zero-order chi connectivity index (χ0) is 10.8. The van der Waals surface area contributed by atoms with Gasteiger partial charge in [0.1, 0.15) is 6.26 Å². The summed E-state index contributed by atoms with van der Waals surface area (Å²) in [5.74, 6) is -3.57. The Kier molecular flexibility index (Phi) is 2.54. The highest BCUT2D eigenvalue weighted by Crippen LogP contribution is 2.16. The van der Waals surface area contributed by atoms with E-state index in [1.54, 1.807) is 0 Å². The van der Waals surface area contributed by atoms with E-state index < -0.39 is 23.7 Å². The molecular formula is C6H2F3NO4. The van der Waals surface area contributed by atoms with Crippen LogP contribution in [0.15, 0.2) is 21.7 Å². The lowest BCUT2D eigenvalue weighted by Gasteiger charge is -2.03. The highest BCUT2D eigenvalue weighted by molar-refractivity contribution is 5.77. The monoisotopic (exact) mass is 209 g/mol. The Morgan fingerprint density at radius 1 is 1.50 bits per heavy atom. The first-order valence-electron chi connectivity index (χ1n) is 3.14. The van der Waals surface area contributed by atoms with Crippen molar-refractivity contribution in [3.63, 3.8) is 0 Å². The Balaban J connectivity index is 2.86. The molecule has 1 aromatic rings. The quantitative estimate of drug-likeness (QED) is 0.630. The maximum Gasteiger partial charge on any atom is 0.491 e. The van der Waals surface area contributed by atoms with E-state index in [0.29, 0.717) is 0 Å². The van der Waals surface area contributed by atoms with E-state index in [2.05, 4.69) is 14.1 Å². The lowest BCUT2D eigenvalue weighted by Crippen LogP contribution is -2.30. The van der Waals surface area contributed by atoms with Crippen molar-refractivity contribution in [2.45, 2.75) is 6.18 Å². The van der Waals surface area contributed by atoms with Gasteiger partial charge >= 0.3 is 23.7 Å². The summed E-state index contributed by atoms with van der Waals surface area (Å²) in [6.07, 6.45) is -3.46. The van der Waals surface area contributed by atoms with Crippen LogP contribution in [0, 0.1) is 0 Å². The van der Waals surface area contributed by atoms with Crippen molar-refractivity contribution in [2.75, 3.05) is 0 Å². The molecule has 0 radical (unpaired) electrons. The third-order valence-corrected chi connectivity index (χ3v) is 1.02. The van der Waals surface area contributed by atoms with Crippen molar-refractivity contribution >= 4 is 5.97 Å². The van der Waals surface area contributed by atoms with Crippen molar-refractivity contribution in [3.8, 4) is 5.88 Å². The molecular weight excluding hydrogens is 207 g/mol. The number of esters is 1. The minimum Gasteiger partial charge on any atom is -0.426 e. The van der Waals surface area contributed by atoms with Gasteiger partial charge in [-0.15, -0.1) is 0 Å². The summed E-state index contributed by atoms with van der Waals surface area (Å²) < 4.78 is 42.6. The molecule has 76 valence electrons. The van der Waals surface area contributed by atoms with Crippen molar-refractivity contribution in [1.82, 2.24) is 4.98 Å². The average molecular weight is 209 g/mol. The van der Waals surface area contributed by atoms with Crippen LogP contribution in [0.4, 0.5) is 13.2 Å². The maximum atomic E-state index is 11.6. The minimum atomic E-state index is -5.18. The van der Waals surface area contributed by atoms with Crippen molar-refractivity contribution in [3.05, 3.63) is 22.9 Å². The lowest BCUT2D eigenvalue weighted by molar-refractivity contribution is -0.190. The Morgan fingerprint density at radius 3 is 2.64 bits per heavy atom. The first-order chi connectivity index (χ1) is 6.41. The van der Waals surface area contributed by atoms with Crippen molar-refractivity contribution < 1.29 is 27.1 Å². The molecule has 0 spiro atoms. The largest absolute Gasteiger partial charge is 0.491 e. The zero-order valence-electron chi connectivity index (χ0n) is 6.37. The van der Waals surface area contributed by atoms with Gasteiger partial charge in [-0.25, -0.2) is 14.6 Å². The molecule has 0 saturated heterocycles. The van der Waals surface area contributed by atoms with Gasteiger partial charge in [0.15, 0.2) is 0 Å². The topological polar surface area (TPSA) is 69.4 Å². The molecule has 0 bridgehead atoms. The molecule has 0 aromatic carbocycles. The second-order valence-electron chi connectivity index (χ2n) is 2.01. The molecule has 1 heterocycles. The van der Waals surface area contributed by atoms with E-state index in [0.717, 1.165) is 12.5 Å². The molecule has 0 unspecified atom stereocenters. The van der Waals surface area contributed by atoms with Gasteiger partial charge in [0.2, 0.25) is 0 Å². The van der Waals surface area contributed by atoms with Crippen LogP contribution in [-0.2, 0) is 4.79 Å². The molecule has 0 fully saturated rings. The summed E-state index contributed by atoms with van der Waals surface area (Å²) in [4.78, 5) is 23.9. The van der Waals surface area contributed by atoms with Crippen LogP contribution in [0.3, 0.4) is 0 Å². The summed E-state index contributed by atoms with van der Waals surface area (Å²) in [7, 11) is 0. The molecule has 1 rings (SSSR count). The Bertz CT molecular complexity index is 397. The molecule has 14 heavy (non-hydrogen) atoms. The molecule has 0 saturated carbocycles. The van der Waals surface area contributed by atoms with Gasteiger partial charge in [-0.05, 0) is 0 Å². The van der Waals surface area contributed by atoms with Gasteiger partial charge in [-0.1, -0.05) is 0 Å². The molecule has 0 aliphatic carbocycles. The minimum absolute atomic E-state index is 0.841. The number of aromatic nitrogens is 1. The fourth-order valence-electron chi connectivity index (χ4n) is 0.507. The van der Waals surface area contributed by atoms with Crippen LogP contribution in [0.5, 0.6) is 5.88 Å². The number of nitrogens with zero attached hydrogens (tertiary/aromatic N) is 1. The van der Waals surface area contributed by atoms with Crippen molar-refractivity contribution in [2.24, 2.45) is 0 Å². The first kappa shape index (κ1) is 10.2. The predicted octanol–water partition coefficient (Wildman–Crippen LogP) is 0.503. The SMILES string of the molecule is O=C(Oc1nccoc1=O)C(F)(F)F. The van der Waals surface area contributed by atoms with Crippen LogP contribution in [0.25, 0.3) is 0 Å². The highest BCUT2D eigenvalue weighted by atomic mass is 19.4. The summed E-state index contributed by atoms with van der Waals surface area (Å²) in [5.41, 5.74) is -1.26. The van der Waals surface area contributed by atoms with Gasteiger partial charge in [-0.3, -0.25) is 0 Å². The smallest absolute Gasteiger partial charge is 0.426 e. The Labute approximate surface area is 74.1 Å². The highest BCUT2D eigenvalue weighted by Gasteiger charge is 2.42. The fraction of sp³-hybridized carbons (Fsp3) is 0.167. The normalized spacial score (nSPS) is 11.1. The number of ether oxygens (including phenoxy) is 1. The first-order valence-corrected chi connectivity index (χ1v) is 3.14. The van der Waals surface area contributed by atoms with Gasteiger partial charge < -0.3 is 9.15 Å². The Hall–Kier alpha value is -1.86. The summed E-state index contributed by atoms with van der Waals surface area (Å²) in [6.45, 7) is 0. The second-order valence-corrected chi connectivity index (χ2v) is 2.01. The van der Waals surface area contributed by atoms with Gasteiger partial charge in [0.25, 0.3) is 0 Å². The second kappa shape index (κ2) is 3.48. The number of carbonyl (C=O) groups excluding carboxylic acids is 1. The number of alkyl halides is 3. The third-order valence-electron chi connectivity index (χ3n) is 1.02. The average Bonchev–Trinajstić information content (AvgIpc) is 2.07. The van der Waals surface area contributed by atoms with Crippen LogP contribution >= 0.6 is 0 Å².